The Balaban J connectivity index is 2.18. The van der Waals surface area contributed by atoms with E-state index >= 15 is 0 Å². The van der Waals surface area contributed by atoms with Crippen molar-refractivity contribution in [2.75, 3.05) is 6.54 Å². The van der Waals surface area contributed by atoms with Crippen LogP contribution in [0.2, 0.25) is 0 Å². The minimum Gasteiger partial charge on any atom is -0.388 e. The maximum absolute atomic E-state index is 11.1. The molecule has 0 aromatic carbocycles. The first-order valence-corrected chi connectivity index (χ1v) is 6.15. The summed E-state index contributed by atoms with van der Waals surface area (Å²) in [5, 5.41) is 16.4. The summed E-state index contributed by atoms with van der Waals surface area (Å²) in [5.41, 5.74) is 0.935. The molecule has 0 bridgehead atoms. The zero-order valence-corrected chi connectivity index (χ0v) is 9.72. The van der Waals surface area contributed by atoms with Crippen LogP contribution in [0.25, 0.3) is 0 Å². The molecule has 0 radical (unpaired) electrons. The van der Waals surface area contributed by atoms with Crippen LogP contribution in [0.5, 0.6) is 0 Å². The first-order valence-electron chi connectivity index (χ1n) is 5.21. The van der Waals surface area contributed by atoms with Gasteiger partial charge in [0.25, 0.3) is 0 Å². The summed E-state index contributed by atoms with van der Waals surface area (Å²) in [6.07, 6.45) is 1.54. The van der Waals surface area contributed by atoms with Gasteiger partial charge in [0.15, 0.2) is 0 Å². The van der Waals surface area contributed by atoms with Crippen LogP contribution in [0, 0.1) is 0 Å². The maximum atomic E-state index is 11.1. The normalized spacial score (nSPS) is 12.4. The van der Waals surface area contributed by atoms with E-state index in [1.54, 1.807) is 11.3 Å². The Labute approximate surface area is 94.1 Å². The number of aliphatic hydroxyl groups excluding tert-OH is 1. The van der Waals surface area contributed by atoms with Gasteiger partial charge in [0.05, 0.1) is 6.10 Å². The number of aliphatic hydroxyl groups is 1. The minimum absolute atomic E-state index is 0.0648. The summed E-state index contributed by atoms with van der Waals surface area (Å²) >= 11 is 1.57. The van der Waals surface area contributed by atoms with Crippen LogP contribution in [-0.4, -0.2) is 17.6 Å². The molecule has 1 aromatic heterocycles. The van der Waals surface area contributed by atoms with E-state index in [0.717, 1.165) is 12.0 Å². The number of thiophene rings is 1. The summed E-state index contributed by atoms with van der Waals surface area (Å²) in [6.45, 7) is 2.51. The molecule has 4 heteroatoms. The summed E-state index contributed by atoms with van der Waals surface area (Å²) in [7, 11) is 0. The molecule has 1 aromatic rings. The van der Waals surface area contributed by atoms with Gasteiger partial charge in [-0.05, 0) is 35.2 Å². The fourth-order valence-electron chi connectivity index (χ4n) is 1.30. The largest absolute Gasteiger partial charge is 0.388 e. The van der Waals surface area contributed by atoms with Crippen molar-refractivity contribution in [3.8, 4) is 0 Å². The van der Waals surface area contributed by atoms with Gasteiger partial charge in [0.2, 0.25) is 5.91 Å². The Hall–Kier alpha value is -0.870. The lowest BCUT2D eigenvalue weighted by Crippen LogP contribution is -2.25. The molecule has 84 valence electrons. The molecular formula is C11H17NO2S. The van der Waals surface area contributed by atoms with Gasteiger partial charge in [-0.2, -0.15) is 11.3 Å². The fraction of sp³-hybridized carbons (Fsp3) is 0.545. The fourth-order valence-corrected chi connectivity index (χ4v) is 2.00. The number of amides is 1. The van der Waals surface area contributed by atoms with E-state index < -0.39 is 6.10 Å². The SMILES string of the molecule is CCCC(=O)NCCC(O)c1ccsc1. The van der Waals surface area contributed by atoms with E-state index in [9.17, 15) is 9.90 Å². The molecule has 1 amide bonds. The van der Waals surface area contributed by atoms with Crippen LogP contribution in [0.15, 0.2) is 16.8 Å². The molecule has 1 heterocycles. The smallest absolute Gasteiger partial charge is 0.219 e. The second kappa shape index (κ2) is 6.58. The van der Waals surface area contributed by atoms with Crippen molar-refractivity contribution in [3.05, 3.63) is 22.4 Å². The Morgan fingerprint density at radius 3 is 3.07 bits per heavy atom. The third kappa shape index (κ3) is 4.44. The van der Waals surface area contributed by atoms with Crippen LogP contribution >= 0.6 is 11.3 Å². The van der Waals surface area contributed by atoms with Crippen molar-refractivity contribution in [1.82, 2.24) is 5.32 Å². The van der Waals surface area contributed by atoms with Gasteiger partial charge in [-0.3, -0.25) is 4.79 Å². The van der Waals surface area contributed by atoms with Crippen molar-refractivity contribution < 1.29 is 9.90 Å². The lowest BCUT2D eigenvalue weighted by Gasteiger charge is -2.09. The summed E-state index contributed by atoms with van der Waals surface area (Å²) in [6, 6.07) is 1.91. The number of hydrogen-bond acceptors (Lipinski definition) is 3. The molecular weight excluding hydrogens is 210 g/mol. The number of hydrogen-bond donors (Lipinski definition) is 2. The highest BCUT2D eigenvalue weighted by molar-refractivity contribution is 7.07. The number of carbonyl (C=O) groups is 1. The Bertz CT molecular complexity index is 285. The van der Waals surface area contributed by atoms with Crippen LogP contribution in [-0.2, 0) is 4.79 Å². The van der Waals surface area contributed by atoms with Gasteiger partial charge >= 0.3 is 0 Å². The molecule has 0 aliphatic carbocycles. The average Bonchev–Trinajstić information content (AvgIpc) is 2.70. The highest BCUT2D eigenvalue weighted by Crippen LogP contribution is 2.18. The van der Waals surface area contributed by atoms with Crippen LogP contribution in [0.4, 0.5) is 0 Å². The van der Waals surface area contributed by atoms with E-state index in [1.807, 2.05) is 23.8 Å². The van der Waals surface area contributed by atoms with Crippen molar-refractivity contribution in [1.29, 1.82) is 0 Å². The summed E-state index contributed by atoms with van der Waals surface area (Å²) < 4.78 is 0. The van der Waals surface area contributed by atoms with E-state index in [4.69, 9.17) is 0 Å². The van der Waals surface area contributed by atoms with Crippen molar-refractivity contribution in [2.24, 2.45) is 0 Å². The zero-order chi connectivity index (χ0) is 11.1. The highest BCUT2D eigenvalue weighted by Gasteiger charge is 2.07. The molecule has 1 atom stereocenters. The molecule has 1 rings (SSSR count). The lowest BCUT2D eigenvalue weighted by molar-refractivity contribution is -0.121. The predicted octanol–water partition coefficient (Wildman–Crippen LogP) is 2.09. The monoisotopic (exact) mass is 227 g/mol. The molecule has 0 aliphatic heterocycles. The van der Waals surface area contributed by atoms with E-state index in [0.29, 0.717) is 19.4 Å². The lowest BCUT2D eigenvalue weighted by atomic mass is 10.1. The molecule has 0 aliphatic rings. The van der Waals surface area contributed by atoms with Crippen LogP contribution in [0.1, 0.15) is 37.9 Å². The summed E-state index contributed by atoms with van der Waals surface area (Å²) in [5.74, 6) is 0.0648. The molecule has 3 nitrogen and oxygen atoms in total. The quantitative estimate of drug-likeness (QED) is 0.781. The van der Waals surface area contributed by atoms with Gasteiger partial charge in [-0.1, -0.05) is 6.92 Å². The van der Waals surface area contributed by atoms with Crippen molar-refractivity contribution in [2.45, 2.75) is 32.3 Å². The van der Waals surface area contributed by atoms with E-state index in [-0.39, 0.29) is 5.91 Å². The standard InChI is InChI=1S/C11H17NO2S/c1-2-3-11(14)12-6-4-10(13)9-5-7-15-8-9/h5,7-8,10,13H,2-4,6H2,1H3,(H,12,14). The minimum atomic E-state index is -0.460. The molecule has 0 spiro atoms. The van der Waals surface area contributed by atoms with E-state index in [1.165, 1.54) is 0 Å². The Kier molecular flexibility index (Phi) is 5.36. The van der Waals surface area contributed by atoms with Crippen molar-refractivity contribution >= 4 is 17.2 Å². The second-order valence-electron chi connectivity index (χ2n) is 3.46. The van der Waals surface area contributed by atoms with Crippen LogP contribution in [0.3, 0.4) is 0 Å². The van der Waals surface area contributed by atoms with Gasteiger partial charge < -0.3 is 10.4 Å². The van der Waals surface area contributed by atoms with Gasteiger partial charge in [0.1, 0.15) is 0 Å². The maximum Gasteiger partial charge on any atom is 0.219 e. The molecule has 1 unspecified atom stereocenters. The number of carbonyl (C=O) groups excluding carboxylic acids is 1. The molecule has 0 saturated heterocycles. The third-order valence-corrected chi connectivity index (χ3v) is 2.85. The zero-order valence-electron chi connectivity index (χ0n) is 8.90. The second-order valence-corrected chi connectivity index (χ2v) is 4.24. The predicted molar refractivity (Wildman–Crippen MR) is 61.8 cm³/mol. The first-order chi connectivity index (χ1) is 7.24. The molecule has 15 heavy (non-hydrogen) atoms. The number of nitrogens with one attached hydrogen (secondary N) is 1. The van der Waals surface area contributed by atoms with E-state index in [2.05, 4.69) is 5.32 Å². The molecule has 2 N–H and O–H groups in total. The average molecular weight is 227 g/mol. The van der Waals surface area contributed by atoms with Gasteiger partial charge in [-0.15, -0.1) is 0 Å². The van der Waals surface area contributed by atoms with Gasteiger partial charge in [-0.25, -0.2) is 0 Å². The Morgan fingerprint density at radius 1 is 1.67 bits per heavy atom. The first kappa shape index (κ1) is 12.2. The number of rotatable bonds is 6. The Morgan fingerprint density at radius 2 is 2.47 bits per heavy atom. The summed E-state index contributed by atoms with van der Waals surface area (Å²) in [4.78, 5) is 11.1. The van der Waals surface area contributed by atoms with Crippen molar-refractivity contribution in [3.63, 3.8) is 0 Å². The molecule has 0 saturated carbocycles. The molecule has 0 fully saturated rings. The topological polar surface area (TPSA) is 49.3 Å². The van der Waals surface area contributed by atoms with Gasteiger partial charge in [0, 0.05) is 13.0 Å². The third-order valence-electron chi connectivity index (χ3n) is 2.14. The van der Waals surface area contributed by atoms with Crippen LogP contribution < -0.4 is 5.32 Å². The highest BCUT2D eigenvalue weighted by atomic mass is 32.1.